The minimum atomic E-state index is -0.800. The van der Waals surface area contributed by atoms with Crippen molar-refractivity contribution in [3.63, 3.8) is 0 Å². The third kappa shape index (κ3) is 5.99. The number of hydrogen-bond donors (Lipinski definition) is 2. The van der Waals surface area contributed by atoms with Crippen molar-refractivity contribution in [1.82, 2.24) is 10.2 Å². The second-order valence-electron chi connectivity index (χ2n) is 4.72. The molecule has 0 unspecified atom stereocenters. The third-order valence-corrected chi connectivity index (χ3v) is 3.50. The van der Waals surface area contributed by atoms with Crippen LogP contribution in [-0.2, 0) is 9.59 Å². The highest BCUT2D eigenvalue weighted by Crippen LogP contribution is 2.19. The van der Waals surface area contributed by atoms with Crippen molar-refractivity contribution in [1.29, 1.82) is 0 Å². The minimum absolute atomic E-state index is 0.113. The van der Waals surface area contributed by atoms with E-state index in [1.54, 1.807) is 0 Å². The quantitative estimate of drug-likeness (QED) is 0.596. The van der Waals surface area contributed by atoms with Crippen LogP contribution in [0.1, 0.15) is 20.3 Å². The summed E-state index contributed by atoms with van der Waals surface area (Å²) in [6.07, 6.45) is 0.767. The molecule has 0 saturated carbocycles. The summed E-state index contributed by atoms with van der Waals surface area (Å²) in [5, 5.41) is 4.80. The van der Waals surface area contributed by atoms with Gasteiger partial charge in [0.2, 0.25) is 0 Å². The maximum atomic E-state index is 13.0. The monoisotopic (exact) mass is 329 g/mol. The summed E-state index contributed by atoms with van der Waals surface area (Å²) in [5.41, 5.74) is 0.273. The first kappa shape index (κ1) is 18.4. The summed E-state index contributed by atoms with van der Waals surface area (Å²) in [6.45, 7) is 7.34. The Morgan fingerprint density at radius 2 is 1.91 bits per heavy atom. The number of amides is 2. The smallest absolute Gasteiger partial charge is 0.313 e. The number of benzene rings is 1. The van der Waals surface area contributed by atoms with Crippen LogP contribution in [-0.4, -0.2) is 42.9 Å². The molecule has 0 radical (unpaired) electrons. The SMILES string of the molecule is CCN(CC)CCCNC(=O)C(=O)Nc1ccc(F)c(Cl)c1. The van der Waals surface area contributed by atoms with Crippen molar-refractivity contribution in [3.8, 4) is 0 Å². The van der Waals surface area contributed by atoms with Gasteiger partial charge < -0.3 is 15.5 Å². The number of carbonyl (C=O) groups excluding carboxylic acids is 2. The van der Waals surface area contributed by atoms with Gasteiger partial charge in [0, 0.05) is 12.2 Å². The zero-order chi connectivity index (χ0) is 16.5. The molecule has 1 rings (SSSR count). The Morgan fingerprint density at radius 1 is 1.23 bits per heavy atom. The van der Waals surface area contributed by atoms with Crippen molar-refractivity contribution in [3.05, 3.63) is 29.0 Å². The lowest BCUT2D eigenvalue weighted by Gasteiger charge is -2.17. The zero-order valence-corrected chi connectivity index (χ0v) is 13.5. The molecule has 1 aromatic rings. The maximum Gasteiger partial charge on any atom is 0.313 e. The predicted octanol–water partition coefficient (Wildman–Crippen LogP) is 2.27. The Labute approximate surface area is 134 Å². The lowest BCUT2D eigenvalue weighted by atomic mass is 10.3. The number of nitrogens with zero attached hydrogens (tertiary/aromatic N) is 1. The van der Waals surface area contributed by atoms with Gasteiger partial charge in [-0.1, -0.05) is 25.4 Å². The van der Waals surface area contributed by atoms with Crippen molar-refractivity contribution in [2.45, 2.75) is 20.3 Å². The van der Waals surface area contributed by atoms with Crippen molar-refractivity contribution in [2.24, 2.45) is 0 Å². The van der Waals surface area contributed by atoms with Crippen LogP contribution in [0.5, 0.6) is 0 Å². The number of rotatable bonds is 7. The highest BCUT2D eigenvalue weighted by molar-refractivity contribution is 6.39. The van der Waals surface area contributed by atoms with E-state index in [-0.39, 0.29) is 10.7 Å². The lowest BCUT2D eigenvalue weighted by Crippen LogP contribution is -2.37. The summed E-state index contributed by atoms with van der Waals surface area (Å²) in [6, 6.07) is 3.72. The van der Waals surface area contributed by atoms with Gasteiger partial charge in [-0.2, -0.15) is 0 Å². The number of anilines is 1. The molecular formula is C15H21ClFN3O2. The van der Waals surface area contributed by atoms with Gasteiger partial charge in [-0.3, -0.25) is 9.59 Å². The van der Waals surface area contributed by atoms with E-state index < -0.39 is 17.6 Å². The standard InChI is InChI=1S/C15H21ClFN3O2/c1-3-20(4-2)9-5-8-18-14(21)15(22)19-11-6-7-13(17)12(16)10-11/h6-7,10H,3-5,8-9H2,1-2H3,(H,18,21)(H,19,22). The summed E-state index contributed by atoms with van der Waals surface area (Å²) >= 11 is 5.60. The third-order valence-electron chi connectivity index (χ3n) is 3.21. The second kappa shape index (κ2) is 9.38. The minimum Gasteiger partial charge on any atom is -0.348 e. The molecule has 0 bridgehead atoms. The lowest BCUT2D eigenvalue weighted by molar-refractivity contribution is -0.136. The van der Waals surface area contributed by atoms with Crippen LogP contribution in [0.25, 0.3) is 0 Å². The molecular weight excluding hydrogens is 309 g/mol. The number of hydrogen-bond acceptors (Lipinski definition) is 3. The first-order valence-electron chi connectivity index (χ1n) is 7.24. The summed E-state index contributed by atoms with van der Waals surface area (Å²) in [7, 11) is 0. The Kier molecular flexibility index (Phi) is 7.84. The first-order chi connectivity index (χ1) is 10.5. The molecule has 0 spiro atoms. The highest BCUT2D eigenvalue weighted by Gasteiger charge is 2.13. The first-order valence-corrected chi connectivity index (χ1v) is 7.62. The van der Waals surface area contributed by atoms with Crippen LogP contribution in [0.3, 0.4) is 0 Å². The van der Waals surface area contributed by atoms with E-state index in [0.29, 0.717) is 6.54 Å². The van der Waals surface area contributed by atoms with E-state index in [0.717, 1.165) is 32.1 Å². The molecule has 0 heterocycles. The van der Waals surface area contributed by atoms with Gasteiger partial charge in [-0.25, -0.2) is 4.39 Å². The molecule has 0 aliphatic rings. The van der Waals surface area contributed by atoms with Crippen molar-refractivity contribution in [2.75, 3.05) is 31.5 Å². The molecule has 0 aliphatic heterocycles. The van der Waals surface area contributed by atoms with Gasteiger partial charge in [0.15, 0.2) is 0 Å². The number of halogens is 2. The van der Waals surface area contributed by atoms with E-state index in [9.17, 15) is 14.0 Å². The van der Waals surface area contributed by atoms with Gasteiger partial charge in [0.1, 0.15) is 5.82 Å². The average molecular weight is 330 g/mol. The van der Waals surface area contributed by atoms with E-state index in [4.69, 9.17) is 11.6 Å². The molecule has 122 valence electrons. The van der Waals surface area contributed by atoms with E-state index in [2.05, 4.69) is 29.4 Å². The molecule has 0 fully saturated rings. The molecule has 7 heteroatoms. The van der Waals surface area contributed by atoms with Crippen LogP contribution in [0.4, 0.5) is 10.1 Å². The maximum absolute atomic E-state index is 13.0. The largest absolute Gasteiger partial charge is 0.348 e. The Morgan fingerprint density at radius 3 is 2.50 bits per heavy atom. The van der Waals surface area contributed by atoms with Gasteiger partial charge in [-0.05, 0) is 44.3 Å². The fraction of sp³-hybridized carbons (Fsp3) is 0.467. The average Bonchev–Trinajstić information content (AvgIpc) is 2.50. The number of nitrogens with one attached hydrogen (secondary N) is 2. The highest BCUT2D eigenvalue weighted by atomic mass is 35.5. The molecule has 2 N–H and O–H groups in total. The van der Waals surface area contributed by atoms with Gasteiger partial charge >= 0.3 is 11.8 Å². The summed E-state index contributed by atoms with van der Waals surface area (Å²) in [5.74, 6) is -2.11. The van der Waals surface area contributed by atoms with Crippen LogP contribution in [0.2, 0.25) is 5.02 Å². The van der Waals surface area contributed by atoms with Crippen molar-refractivity contribution >= 4 is 29.1 Å². The van der Waals surface area contributed by atoms with Crippen LogP contribution >= 0.6 is 11.6 Å². The molecule has 22 heavy (non-hydrogen) atoms. The normalized spacial score (nSPS) is 10.6. The van der Waals surface area contributed by atoms with Gasteiger partial charge in [-0.15, -0.1) is 0 Å². The number of carbonyl (C=O) groups is 2. The molecule has 2 amide bonds. The summed E-state index contributed by atoms with van der Waals surface area (Å²) in [4.78, 5) is 25.5. The van der Waals surface area contributed by atoms with E-state index in [1.165, 1.54) is 12.1 Å². The van der Waals surface area contributed by atoms with E-state index in [1.807, 2.05) is 0 Å². The fourth-order valence-corrected chi connectivity index (χ4v) is 2.07. The Hall–Kier alpha value is -1.66. The van der Waals surface area contributed by atoms with E-state index >= 15 is 0 Å². The Balaban J connectivity index is 2.36. The van der Waals surface area contributed by atoms with Crippen LogP contribution in [0.15, 0.2) is 18.2 Å². The molecule has 0 atom stereocenters. The van der Waals surface area contributed by atoms with Gasteiger partial charge in [0.05, 0.1) is 5.02 Å². The summed E-state index contributed by atoms with van der Waals surface area (Å²) < 4.78 is 13.0. The second-order valence-corrected chi connectivity index (χ2v) is 5.13. The molecule has 1 aromatic carbocycles. The predicted molar refractivity (Wildman–Crippen MR) is 85.5 cm³/mol. The molecule has 5 nitrogen and oxygen atoms in total. The topological polar surface area (TPSA) is 61.4 Å². The van der Waals surface area contributed by atoms with Gasteiger partial charge in [0.25, 0.3) is 0 Å². The molecule has 0 saturated heterocycles. The van der Waals surface area contributed by atoms with Crippen LogP contribution in [0, 0.1) is 5.82 Å². The molecule has 0 aliphatic carbocycles. The zero-order valence-electron chi connectivity index (χ0n) is 12.8. The fourth-order valence-electron chi connectivity index (χ4n) is 1.89. The van der Waals surface area contributed by atoms with Crippen LogP contribution < -0.4 is 10.6 Å². The molecule has 0 aromatic heterocycles. The Bertz CT molecular complexity index is 522. The van der Waals surface area contributed by atoms with Crippen molar-refractivity contribution < 1.29 is 14.0 Å².